The summed E-state index contributed by atoms with van der Waals surface area (Å²) >= 11 is 3.15. The molecule has 2 aromatic heterocycles. The van der Waals surface area contributed by atoms with E-state index in [2.05, 4.69) is 23.8 Å². The second-order valence-electron chi connectivity index (χ2n) is 6.91. The van der Waals surface area contributed by atoms with Crippen molar-refractivity contribution in [3.8, 4) is 0 Å². The van der Waals surface area contributed by atoms with Crippen LogP contribution in [0.15, 0.2) is 11.4 Å². The Morgan fingerprint density at radius 1 is 1.15 bits per heavy atom. The van der Waals surface area contributed by atoms with Crippen LogP contribution in [0.1, 0.15) is 23.3 Å². The number of hydrogen-bond acceptors (Lipinski definition) is 6. The molecule has 6 nitrogen and oxygen atoms in total. The number of amides is 2. The van der Waals surface area contributed by atoms with Crippen molar-refractivity contribution in [1.29, 1.82) is 0 Å². The van der Waals surface area contributed by atoms with E-state index in [4.69, 9.17) is 0 Å². The maximum absolute atomic E-state index is 12.6. The monoisotopic (exact) mass is 390 g/mol. The molecule has 0 bridgehead atoms. The zero-order chi connectivity index (χ0) is 18.3. The first kappa shape index (κ1) is 17.7. The Hall–Kier alpha value is -1.67. The summed E-state index contributed by atoms with van der Waals surface area (Å²) < 4.78 is 0. The first-order valence-electron chi connectivity index (χ1n) is 8.94. The third kappa shape index (κ3) is 3.44. The van der Waals surface area contributed by atoms with E-state index in [0.717, 1.165) is 28.1 Å². The highest BCUT2D eigenvalue weighted by Gasteiger charge is 2.35. The SMILES string of the molecule is Cc1sc2ncnc(SCC(=O)N3CCN(C(=O)C4CC4)CC3)c2c1C. The Labute approximate surface area is 161 Å². The zero-order valence-electron chi connectivity index (χ0n) is 15.0. The lowest BCUT2D eigenvalue weighted by molar-refractivity contribution is -0.139. The normalized spacial score (nSPS) is 17.8. The summed E-state index contributed by atoms with van der Waals surface area (Å²) in [6.45, 7) is 6.75. The van der Waals surface area contributed by atoms with Crippen molar-refractivity contribution in [1.82, 2.24) is 19.8 Å². The van der Waals surface area contributed by atoms with Crippen molar-refractivity contribution < 1.29 is 9.59 Å². The number of fused-ring (bicyclic) bond motifs is 1. The summed E-state index contributed by atoms with van der Waals surface area (Å²) in [5.41, 5.74) is 1.20. The van der Waals surface area contributed by atoms with Gasteiger partial charge in [-0.05, 0) is 32.3 Å². The van der Waals surface area contributed by atoms with Gasteiger partial charge >= 0.3 is 0 Å². The third-order valence-electron chi connectivity index (χ3n) is 5.13. The van der Waals surface area contributed by atoms with Gasteiger partial charge < -0.3 is 9.80 Å². The number of nitrogens with zero attached hydrogens (tertiary/aromatic N) is 4. The van der Waals surface area contributed by atoms with Crippen LogP contribution in [-0.4, -0.2) is 63.5 Å². The van der Waals surface area contributed by atoms with Gasteiger partial charge in [0.05, 0.1) is 5.75 Å². The molecule has 0 unspecified atom stereocenters. The molecule has 1 saturated carbocycles. The number of carbonyl (C=O) groups excluding carboxylic acids is 2. The van der Waals surface area contributed by atoms with Gasteiger partial charge in [-0.25, -0.2) is 9.97 Å². The van der Waals surface area contributed by atoms with Gasteiger partial charge in [-0.3, -0.25) is 9.59 Å². The summed E-state index contributed by atoms with van der Waals surface area (Å²) in [6.07, 6.45) is 3.64. The van der Waals surface area contributed by atoms with Crippen LogP contribution in [0.25, 0.3) is 10.2 Å². The number of aryl methyl sites for hydroxylation is 2. The smallest absolute Gasteiger partial charge is 0.233 e. The van der Waals surface area contributed by atoms with Crippen molar-refractivity contribution in [2.75, 3.05) is 31.9 Å². The minimum absolute atomic E-state index is 0.116. The van der Waals surface area contributed by atoms with E-state index in [0.29, 0.717) is 31.9 Å². The molecule has 26 heavy (non-hydrogen) atoms. The van der Waals surface area contributed by atoms with E-state index in [9.17, 15) is 9.59 Å². The number of thioether (sulfide) groups is 1. The molecule has 0 atom stereocenters. The molecule has 0 aromatic carbocycles. The van der Waals surface area contributed by atoms with Crippen LogP contribution < -0.4 is 0 Å². The Bertz CT molecular complexity index is 854. The fourth-order valence-corrected chi connectivity index (χ4v) is 5.27. The Kier molecular flexibility index (Phi) is 4.88. The lowest BCUT2D eigenvalue weighted by Crippen LogP contribution is -2.51. The standard InChI is InChI=1S/C18H22N4O2S2/c1-11-12(2)26-17-15(11)16(19-10-20-17)25-9-14(23)21-5-7-22(8-6-21)18(24)13-3-4-13/h10,13H,3-9H2,1-2H3. The van der Waals surface area contributed by atoms with E-state index in [-0.39, 0.29) is 17.7 Å². The van der Waals surface area contributed by atoms with Gasteiger partial charge in [0.15, 0.2) is 0 Å². The molecule has 4 rings (SSSR count). The van der Waals surface area contributed by atoms with Gasteiger partial charge in [0.1, 0.15) is 16.2 Å². The van der Waals surface area contributed by atoms with Crippen LogP contribution in [0.4, 0.5) is 0 Å². The molecule has 138 valence electrons. The van der Waals surface area contributed by atoms with Crippen molar-refractivity contribution >= 4 is 45.1 Å². The second-order valence-corrected chi connectivity index (χ2v) is 9.08. The molecule has 0 N–H and O–H groups in total. The maximum atomic E-state index is 12.6. The van der Waals surface area contributed by atoms with Crippen molar-refractivity contribution in [3.05, 3.63) is 16.8 Å². The van der Waals surface area contributed by atoms with Gasteiger partial charge in [-0.1, -0.05) is 11.8 Å². The Morgan fingerprint density at radius 2 is 1.85 bits per heavy atom. The summed E-state index contributed by atoms with van der Waals surface area (Å²) in [6, 6.07) is 0. The summed E-state index contributed by atoms with van der Waals surface area (Å²) in [5.74, 6) is 1.02. The van der Waals surface area contributed by atoms with Crippen LogP contribution in [0.3, 0.4) is 0 Å². The first-order chi connectivity index (χ1) is 12.5. The van der Waals surface area contributed by atoms with Crippen LogP contribution in [0.2, 0.25) is 0 Å². The summed E-state index contributed by atoms with van der Waals surface area (Å²) in [4.78, 5) is 39.4. The fourth-order valence-electron chi connectivity index (χ4n) is 3.25. The lowest BCUT2D eigenvalue weighted by Gasteiger charge is -2.34. The predicted octanol–water partition coefficient (Wildman–Crippen LogP) is 2.48. The van der Waals surface area contributed by atoms with Gasteiger partial charge in [-0.15, -0.1) is 11.3 Å². The minimum atomic E-state index is 0.116. The second kappa shape index (κ2) is 7.15. The zero-order valence-corrected chi connectivity index (χ0v) is 16.7. The first-order valence-corrected chi connectivity index (χ1v) is 10.7. The largest absolute Gasteiger partial charge is 0.339 e. The molecular formula is C18H22N4O2S2. The summed E-state index contributed by atoms with van der Waals surface area (Å²) in [7, 11) is 0. The van der Waals surface area contributed by atoms with Crippen LogP contribution in [0.5, 0.6) is 0 Å². The molecule has 2 aromatic rings. The number of piperazine rings is 1. The van der Waals surface area contributed by atoms with E-state index >= 15 is 0 Å². The molecule has 2 amide bonds. The number of aromatic nitrogens is 2. The third-order valence-corrected chi connectivity index (χ3v) is 7.22. The molecule has 1 saturated heterocycles. The highest BCUT2D eigenvalue weighted by atomic mass is 32.2. The van der Waals surface area contributed by atoms with Gasteiger partial charge in [0, 0.05) is 42.4 Å². The van der Waals surface area contributed by atoms with Crippen LogP contribution in [-0.2, 0) is 9.59 Å². The van der Waals surface area contributed by atoms with Crippen LogP contribution in [0, 0.1) is 19.8 Å². The molecule has 1 aliphatic heterocycles. The van der Waals surface area contributed by atoms with Gasteiger partial charge in [0.25, 0.3) is 0 Å². The topological polar surface area (TPSA) is 66.4 Å². The molecule has 0 spiro atoms. The number of carbonyl (C=O) groups is 2. The highest BCUT2D eigenvalue weighted by molar-refractivity contribution is 8.00. The van der Waals surface area contributed by atoms with Crippen LogP contribution >= 0.6 is 23.1 Å². The fraction of sp³-hybridized carbons (Fsp3) is 0.556. The molecular weight excluding hydrogens is 368 g/mol. The van der Waals surface area contributed by atoms with Gasteiger partial charge in [-0.2, -0.15) is 0 Å². The highest BCUT2D eigenvalue weighted by Crippen LogP contribution is 2.34. The van der Waals surface area contributed by atoms with Crippen molar-refractivity contribution in [2.45, 2.75) is 31.7 Å². The molecule has 1 aliphatic carbocycles. The molecule has 8 heteroatoms. The maximum Gasteiger partial charge on any atom is 0.233 e. The Morgan fingerprint density at radius 3 is 2.54 bits per heavy atom. The van der Waals surface area contributed by atoms with E-state index in [1.807, 2.05) is 9.80 Å². The lowest BCUT2D eigenvalue weighted by atomic mass is 10.2. The summed E-state index contributed by atoms with van der Waals surface area (Å²) in [5, 5.41) is 1.96. The Balaban J connectivity index is 1.35. The van der Waals surface area contributed by atoms with E-state index < -0.39 is 0 Å². The number of thiophene rings is 1. The molecule has 3 heterocycles. The van der Waals surface area contributed by atoms with E-state index in [1.54, 1.807) is 17.7 Å². The molecule has 2 aliphatic rings. The molecule has 0 radical (unpaired) electrons. The van der Waals surface area contributed by atoms with Crippen molar-refractivity contribution in [2.24, 2.45) is 5.92 Å². The minimum Gasteiger partial charge on any atom is -0.339 e. The average molecular weight is 391 g/mol. The average Bonchev–Trinajstić information content (AvgIpc) is 3.46. The number of rotatable bonds is 4. The quantitative estimate of drug-likeness (QED) is 0.593. The van der Waals surface area contributed by atoms with Gasteiger partial charge in [0.2, 0.25) is 11.8 Å². The number of hydrogen-bond donors (Lipinski definition) is 0. The van der Waals surface area contributed by atoms with E-state index in [1.165, 1.54) is 22.2 Å². The van der Waals surface area contributed by atoms with Crippen molar-refractivity contribution in [3.63, 3.8) is 0 Å². The predicted molar refractivity (Wildman–Crippen MR) is 103 cm³/mol. The molecule has 2 fully saturated rings.